The van der Waals surface area contributed by atoms with Crippen LogP contribution in [0.4, 0.5) is 0 Å². The average molecular weight is 198 g/mol. The zero-order chi connectivity index (χ0) is 10.6. The molecular weight excluding hydrogens is 184 g/mol. The van der Waals surface area contributed by atoms with Crippen molar-refractivity contribution in [2.24, 2.45) is 0 Å². The Morgan fingerprint density at radius 2 is 2.43 bits per heavy atom. The van der Waals surface area contributed by atoms with Gasteiger partial charge in [0.15, 0.2) is 0 Å². The Kier molecular flexibility index (Phi) is 3.64. The molecule has 78 valence electrons. The third-order valence-corrected chi connectivity index (χ3v) is 2.11. The van der Waals surface area contributed by atoms with Crippen LogP contribution >= 0.6 is 0 Å². The molecule has 5 nitrogen and oxygen atoms in total. The lowest BCUT2D eigenvalue weighted by Gasteiger charge is -2.25. The molecule has 5 heteroatoms. The van der Waals surface area contributed by atoms with E-state index in [-0.39, 0.29) is 5.91 Å². The summed E-state index contributed by atoms with van der Waals surface area (Å²) in [5.74, 6) is -0.913. The topological polar surface area (TPSA) is 69.6 Å². The van der Waals surface area contributed by atoms with E-state index in [1.165, 1.54) is 0 Å². The maximum Gasteiger partial charge on any atom is 0.330 e. The molecule has 1 fully saturated rings. The van der Waals surface area contributed by atoms with Gasteiger partial charge in [0.2, 0.25) is 5.91 Å². The Morgan fingerprint density at radius 3 is 3.00 bits per heavy atom. The van der Waals surface area contributed by atoms with Crippen LogP contribution in [0.5, 0.6) is 0 Å². The Morgan fingerprint density at radius 1 is 1.71 bits per heavy atom. The number of rotatable bonds is 3. The number of amides is 1. The molecule has 1 rings (SSSR count). The molecule has 0 aromatic carbocycles. The number of piperazine rings is 1. The Balaban J connectivity index is 2.40. The van der Waals surface area contributed by atoms with Crippen molar-refractivity contribution in [3.63, 3.8) is 0 Å². The number of carbonyl (C=O) groups is 2. The maximum atomic E-state index is 11.0. The highest BCUT2D eigenvalue weighted by atomic mass is 16.4. The van der Waals surface area contributed by atoms with E-state index in [0.717, 1.165) is 6.54 Å². The van der Waals surface area contributed by atoms with Crippen molar-refractivity contribution in [1.82, 2.24) is 10.2 Å². The molecule has 1 amide bonds. The molecule has 1 saturated heterocycles. The van der Waals surface area contributed by atoms with Gasteiger partial charge in [-0.2, -0.15) is 0 Å². The molecule has 1 heterocycles. The van der Waals surface area contributed by atoms with Crippen LogP contribution in [-0.4, -0.2) is 48.1 Å². The van der Waals surface area contributed by atoms with Crippen LogP contribution in [0, 0.1) is 0 Å². The minimum absolute atomic E-state index is 0.00220. The minimum Gasteiger partial charge on any atom is -0.478 e. The zero-order valence-corrected chi connectivity index (χ0v) is 8.12. The van der Waals surface area contributed by atoms with Crippen LogP contribution in [0.25, 0.3) is 0 Å². The van der Waals surface area contributed by atoms with E-state index in [1.807, 2.05) is 4.90 Å². The fourth-order valence-corrected chi connectivity index (χ4v) is 1.20. The lowest BCUT2D eigenvalue weighted by atomic mass is 10.2. The monoisotopic (exact) mass is 198 g/mol. The summed E-state index contributed by atoms with van der Waals surface area (Å²) in [6.45, 7) is 3.83. The van der Waals surface area contributed by atoms with E-state index in [4.69, 9.17) is 5.11 Å². The largest absolute Gasteiger partial charge is 0.478 e. The third kappa shape index (κ3) is 3.18. The van der Waals surface area contributed by atoms with Gasteiger partial charge in [0.25, 0.3) is 0 Å². The van der Waals surface area contributed by atoms with Crippen LogP contribution in [0.15, 0.2) is 11.6 Å². The molecule has 0 spiro atoms. The van der Waals surface area contributed by atoms with Crippen molar-refractivity contribution in [2.75, 3.05) is 26.2 Å². The number of nitrogens with zero attached hydrogens (tertiary/aromatic N) is 1. The number of nitrogens with one attached hydrogen (secondary N) is 1. The van der Waals surface area contributed by atoms with Gasteiger partial charge in [-0.25, -0.2) is 4.79 Å². The summed E-state index contributed by atoms with van der Waals surface area (Å²) in [6, 6.07) is 0. The van der Waals surface area contributed by atoms with Gasteiger partial charge in [0, 0.05) is 25.2 Å². The van der Waals surface area contributed by atoms with Gasteiger partial charge < -0.3 is 10.4 Å². The van der Waals surface area contributed by atoms with Crippen molar-refractivity contribution >= 4 is 11.9 Å². The highest BCUT2D eigenvalue weighted by Crippen LogP contribution is 1.97. The van der Waals surface area contributed by atoms with Gasteiger partial charge in [0.05, 0.1) is 6.54 Å². The van der Waals surface area contributed by atoms with Gasteiger partial charge in [-0.15, -0.1) is 0 Å². The highest BCUT2D eigenvalue weighted by molar-refractivity contribution is 5.85. The van der Waals surface area contributed by atoms with Crippen molar-refractivity contribution in [3.8, 4) is 0 Å². The van der Waals surface area contributed by atoms with E-state index in [0.29, 0.717) is 25.2 Å². The molecule has 1 aliphatic heterocycles. The fourth-order valence-electron chi connectivity index (χ4n) is 1.20. The van der Waals surface area contributed by atoms with Gasteiger partial charge in [-0.05, 0) is 6.92 Å². The summed E-state index contributed by atoms with van der Waals surface area (Å²) < 4.78 is 0. The van der Waals surface area contributed by atoms with Crippen molar-refractivity contribution < 1.29 is 14.7 Å². The Bertz CT molecular complexity index is 273. The number of aliphatic carboxylic acids is 1. The van der Waals surface area contributed by atoms with Crippen molar-refractivity contribution in [3.05, 3.63) is 11.6 Å². The number of hydrogen-bond acceptors (Lipinski definition) is 3. The lowest BCUT2D eigenvalue weighted by molar-refractivity contribution is -0.132. The van der Waals surface area contributed by atoms with Gasteiger partial charge in [-0.1, -0.05) is 6.08 Å². The molecular formula is C9H14N2O3. The van der Waals surface area contributed by atoms with Gasteiger partial charge in [-0.3, -0.25) is 9.69 Å². The second-order valence-corrected chi connectivity index (χ2v) is 3.28. The normalized spacial score (nSPS) is 19.2. The molecule has 0 bridgehead atoms. The molecule has 0 saturated carbocycles. The minimum atomic E-state index is -0.911. The number of carboxylic acids is 1. The molecule has 2 N–H and O–H groups in total. The van der Waals surface area contributed by atoms with Crippen LogP contribution in [-0.2, 0) is 9.59 Å². The smallest absolute Gasteiger partial charge is 0.330 e. The summed E-state index contributed by atoms with van der Waals surface area (Å²) in [5, 5.41) is 11.3. The lowest BCUT2D eigenvalue weighted by Crippen LogP contribution is -2.47. The molecule has 0 aromatic rings. The van der Waals surface area contributed by atoms with Gasteiger partial charge in [0.1, 0.15) is 0 Å². The molecule has 1 aliphatic rings. The summed E-state index contributed by atoms with van der Waals surface area (Å²) >= 11 is 0. The maximum absolute atomic E-state index is 11.0. The Labute approximate surface area is 82.4 Å². The van der Waals surface area contributed by atoms with E-state index < -0.39 is 5.97 Å². The molecule has 14 heavy (non-hydrogen) atoms. The van der Waals surface area contributed by atoms with Crippen molar-refractivity contribution in [1.29, 1.82) is 0 Å². The predicted molar refractivity (Wildman–Crippen MR) is 50.8 cm³/mol. The number of hydrogen-bond donors (Lipinski definition) is 2. The first-order valence-corrected chi connectivity index (χ1v) is 4.48. The summed E-state index contributed by atoms with van der Waals surface area (Å²) in [7, 11) is 0. The Hall–Kier alpha value is -1.36. The quantitative estimate of drug-likeness (QED) is 0.597. The molecule has 0 aromatic heterocycles. The summed E-state index contributed by atoms with van der Waals surface area (Å²) in [4.78, 5) is 23.3. The van der Waals surface area contributed by atoms with Crippen LogP contribution < -0.4 is 5.32 Å². The first-order chi connectivity index (χ1) is 6.59. The highest BCUT2D eigenvalue weighted by Gasteiger charge is 2.14. The average Bonchev–Trinajstić information content (AvgIpc) is 2.14. The van der Waals surface area contributed by atoms with Crippen molar-refractivity contribution in [2.45, 2.75) is 6.92 Å². The SMILES string of the molecule is CC(=CCN1CCNC(=O)C1)C(=O)O. The van der Waals surface area contributed by atoms with E-state index in [1.54, 1.807) is 13.0 Å². The van der Waals surface area contributed by atoms with Gasteiger partial charge >= 0.3 is 5.97 Å². The van der Waals surface area contributed by atoms with Crippen LogP contribution in [0.1, 0.15) is 6.92 Å². The second kappa shape index (κ2) is 4.76. The summed E-state index contributed by atoms with van der Waals surface area (Å²) in [5.41, 5.74) is 0.316. The molecule has 0 unspecified atom stereocenters. The standard InChI is InChI=1S/C9H14N2O3/c1-7(9(13)14)2-4-11-5-3-10-8(12)6-11/h2H,3-6H2,1H3,(H,10,12)(H,13,14). The first kappa shape index (κ1) is 10.7. The first-order valence-electron chi connectivity index (χ1n) is 4.48. The second-order valence-electron chi connectivity index (χ2n) is 3.28. The predicted octanol–water partition coefficient (Wildman–Crippen LogP) is -0.551. The molecule has 0 radical (unpaired) electrons. The number of carboxylic acid groups (broad SMARTS) is 1. The van der Waals surface area contributed by atoms with Crippen LogP contribution in [0.2, 0.25) is 0 Å². The molecule has 0 atom stereocenters. The third-order valence-electron chi connectivity index (χ3n) is 2.11. The fraction of sp³-hybridized carbons (Fsp3) is 0.556. The number of carbonyl (C=O) groups excluding carboxylic acids is 1. The van der Waals surface area contributed by atoms with E-state index in [2.05, 4.69) is 5.32 Å². The van der Waals surface area contributed by atoms with Crippen LogP contribution in [0.3, 0.4) is 0 Å². The van der Waals surface area contributed by atoms with E-state index in [9.17, 15) is 9.59 Å². The zero-order valence-electron chi connectivity index (χ0n) is 8.12. The molecule has 0 aliphatic carbocycles. The summed E-state index contributed by atoms with van der Waals surface area (Å²) in [6.07, 6.45) is 1.63. The van der Waals surface area contributed by atoms with E-state index >= 15 is 0 Å².